The maximum absolute atomic E-state index is 9.07. The van der Waals surface area contributed by atoms with Gasteiger partial charge in [0.2, 0.25) is 0 Å². The molecule has 98 valence electrons. The zero-order valence-corrected chi connectivity index (χ0v) is 10.9. The van der Waals surface area contributed by atoms with Crippen LogP contribution in [0.5, 0.6) is 0 Å². The number of aliphatic hydroxyl groups is 1. The molecule has 19 heavy (non-hydrogen) atoms. The molecule has 1 atom stereocenters. The van der Waals surface area contributed by atoms with Gasteiger partial charge in [-0.05, 0) is 42.0 Å². The number of benzene rings is 2. The summed E-state index contributed by atoms with van der Waals surface area (Å²) in [5, 5.41) is 12.7. The molecule has 1 saturated carbocycles. The van der Waals surface area contributed by atoms with Crippen molar-refractivity contribution < 1.29 is 5.11 Å². The maximum atomic E-state index is 9.07. The van der Waals surface area contributed by atoms with Gasteiger partial charge >= 0.3 is 0 Å². The number of nitrogens with one attached hydrogen (secondary N) is 1. The lowest BCUT2D eigenvalue weighted by Crippen LogP contribution is -2.12. The summed E-state index contributed by atoms with van der Waals surface area (Å²) in [5.41, 5.74) is 3.43. The molecule has 2 heteroatoms. The van der Waals surface area contributed by atoms with E-state index < -0.39 is 0 Å². The van der Waals surface area contributed by atoms with Gasteiger partial charge in [0.05, 0.1) is 12.6 Å². The molecule has 0 radical (unpaired) electrons. The Morgan fingerprint density at radius 3 is 2.26 bits per heavy atom. The predicted molar refractivity (Wildman–Crippen MR) is 77.9 cm³/mol. The summed E-state index contributed by atoms with van der Waals surface area (Å²) in [6.45, 7) is 0.102. The maximum Gasteiger partial charge on any atom is 0.0681 e. The quantitative estimate of drug-likeness (QED) is 0.850. The summed E-state index contributed by atoms with van der Waals surface area (Å²) in [6, 6.07) is 19.1. The van der Waals surface area contributed by atoms with E-state index in [1.807, 2.05) is 24.3 Å². The van der Waals surface area contributed by atoms with E-state index in [9.17, 15) is 0 Å². The molecule has 0 amide bonds. The van der Waals surface area contributed by atoms with E-state index in [1.165, 1.54) is 18.4 Å². The van der Waals surface area contributed by atoms with Crippen LogP contribution in [-0.2, 0) is 6.61 Å². The summed E-state index contributed by atoms with van der Waals surface area (Å²) in [4.78, 5) is 0. The van der Waals surface area contributed by atoms with Gasteiger partial charge in [-0.2, -0.15) is 0 Å². The Labute approximate surface area is 114 Å². The van der Waals surface area contributed by atoms with Gasteiger partial charge in [-0.3, -0.25) is 0 Å². The second-order valence-electron chi connectivity index (χ2n) is 5.23. The van der Waals surface area contributed by atoms with Crippen molar-refractivity contribution in [2.75, 3.05) is 5.32 Å². The Kier molecular flexibility index (Phi) is 3.51. The van der Waals surface area contributed by atoms with Crippen LogP contribution in [0.15, 0.2) is 54.6 Å². The molecule has 3 rings (SSSR count). The SMILES string of the molecule is OCc1ccc(NC(c2ccccc2)C2CC2)cc1. The molecule has 1 fully saturated rings. The molecule has 0 heterocycles. The third-order valence-electron chi connectivity index (χ3n) is 3.71. The van der Waals surface area contributed by atoms with E-state index >= 15 is 0 Å². The van der Waals surface area contributed by atoms with Gasteiger partial charge in [0.15, 0.2) is 0 Å². The molecule has 0 saturated heterocycles. The number of anilines is 1. The van der Waals surface area contributed by atoms with Crippen molar-refractivity contribution in [1.82, 2.24) is 0 Å². The third kappa shape index (κ3) is 2.96. The summed E-state index contributed by atoms with van der Waals surface area (Å²) < 4.78 is 0. The molecular formula is C17H19NO. The third-order valence-corrected chi connectivity index (χ3v) is 3.71. The molecule has 1 aliphatic carbocycles. The summed E-state index contributed by atoms with van der Waals surface area (Å²) in [7, 11) is 0. The van der Waals surface area contributed by atoms with E-state index in [4.69, 9.17) is 5.11 Å². The number of aliphatic hydroxyl groups excluding tert-OH is 1. The van der Waals surface area contributed by atoms with Crippen molar-refractivity contribution in [2.24, 2.45) is 5.92 Å². The number of hydrogen-bond acceptors (Lipinski definition) is 2. The summed E-state index contributed by atoms with van der Waals surface area (Å²) in [5.74, 6) is 0.750. The first-order valence-corrected chi connectivity index (χ1v) is 6.88. The Hall–Kier alpha value is -1.80. The summed E-state index contributed by atoms with van der Waals surface area (Å²) in [6.07, 6.45) is 2.61. The van der Waals surface area contributed by atoms with Crippen molar-refractivity contribution >= 4 is 5.69 Å². The van der Waals surface area contributed by atoms with Crippen LogP contribution in [0, 0.1) is 5.92 Å². The van der Waals surface area contributed by atoms with Gasteiger partial charge in [-0.1, -0.05) is 42.5 Å². The van der Waals surface area contributed by atoms with Gasteiger partial charge in [0, 0.05) is 5.69 Å². The van der Waals surface area contributed by atoms with Crippen LogP contribution >= 0.6 is 0 Å². The fourth-order valence-electron chi connectivity index (χ4n) is 2.45. The minimum absolute atomic E-state index is 0.102. The Bertz CT molecular complexity index is 517. The standard InChI is InChI=1S/C17H19NO/c19-12-13-6-10-16(11-7-13)18-17(15-8-9-15)14-4-2-1-3-5-14/h1-7,10-11,15,17-19H,8-9,12H2. The lowest BCUT2D eigenvalue weighted by Gasteiger charge is -2.20. The molecule has 2 nitrogen and oxygen atoms in total. The van der Waals surface area contributed by atoms with Crippen molar-refractivity contribution in [1.29, 1.82) is 0 Å². The first kappa shape index (κ1) is 12.2. The molecular weight excluding hydrogens is 234 g/mol. The second-order valence-corrected chi connectivity index (χ2v) is 5.23. The van der Waals surface area contributed by atoms with Gasteiger partial charge in [-0.15, -0.1) is 0 Å². The smallest absolute Gasteiger partial charge is 0.0681 e. The second kappa shape index (κ2) is 5.45. The van der Waals surface area contributed by atoms with Crippen LogP contribution in [0.3, 0.4) is 0 Å². The van der Waals surface area contributed by atoms with Crippen LogP contribution < -0.4 is 5.32 Å². The van der Waals surface area contributed by atoms with Gasteiger partial charge in [0.25, 0.3) is 0 Å². The Morgan fingerprint density at radius 2 is 1.68 bits per heavy atom. The van der Waals surface area contributed by atoms with Crippen molar-refractivity contribution in [3.05, 3.63) is 65.7 Å². The van der Waals surface area contributed by atoms with Crippen LogP contribution in [0.1, 0.15) is 30.0 Å². The van der Waals surface area contributed by atoms with Crippen molar-refractivity contribution in [2.45, 2.75) is 25.5 Å². The molecule has 0 bridgehead atoms. The minimum atomic E-state index is 0.102. The zero-order chi connectivity index (χ0) is 13.1. The normalized spacial score (nSPS) is 16.1. The fourth-order valence-corrected chi connectivity index (χ4v) is 2.45. The number of hydrogen-bond donors (Lipinski definition) is 2. The molecule has 0 aliphatic heterocycles. The Morgan fingerprint density at radius 1 is 1.00 bits per heavy atom. The molecule has 2 aromatic rings. The largest absolute Gasteiger partial charge is 0.392 e. The highest BCUT2D eigenvalue weighted by Gasteiger charge is 2.32. The molecule has 2 aromatic carbocycles. The van der Waals surface area contributed by atoms with Crippen LogP contribution in [0.25, 0.3) is 0 Å². The molecule has 2 N–H and O–H groups in total. The van der Waals surface area contributed by atoms with Gasteiger partial charge < -0.3 is 10.4 Å². The monoisotopic (exact) mass is 253 g/mol. The highest BCUT2D eigenvalue weighted by Crippen LogP contribution is 2.42. The van der Waals surface area contributed by atoms with Crippen molar-refractivity contribution in [3.63, 3.8) is 0 Å². The van der Waals surface area contributed by atoms with Crippen LogP contribution in [-0.4, -0.2) is 5.11 Å². The minimum Gasteiger partial charge on any atom is -0.392 e. The van der Waals surface area contributed by atoms with Gasteiger partial charge in [0.1, 0.15) is 0 Å². The van der Waals surface area contributed by atoms with Crippen molar-refractivity contribution in [3.8, 4) is 0 Å². The van der Waals surface area contributed by atoms with E-state index in [0.717, 1.165) is 17.2 Å². The van der Waals surface area contributed by atoms with E-state index in [-0.39, 0.29) is 6.61 Å². The average Bonchev–Trinajstić information content (AvgIpc) is 3.31. The van der Waals surface area contributed by atoms with E-state index in [0.29, 0.717) is 6.04 Å². The fraction of sp³-hybridized carbons (Fsp3) is 0.294. The first-order valence-electron chi connectivity index (χ1n) is 6.88. The van der Waals surface area contributed by atoms with Crippen LogP contribution in [0.2, 0.25) is 0 Å². The Balaban J connectivity index is 1.78. The zero-order valence-electron chi connectivity index (χ0n) is 10.9. The average molecular weight is 253 g/mol. The van der Waals surface area contributed by atoms with Crippen LogP contribution in [0.4, 0.5) is 5.69 Å². The number of rotatable bonds is 5. The molecule has 1 aliphatic rings. The summed E-state index contributed by atoms with van der Waals surface area (Å²) >= 11 is 0. The van der Waals surface area contributed by atoms with E-state index in [2.05, 4.69) is 35.6 Å². The lowest BCUT2D eigenvalue weighted by atomic mass is 10.0. The highest BCUT2D eigenvalue weighted by atomic mass is 16.3. The lowest BCUT2D eigenvalue weighted by molar-refractivity contribution is 0.282. The highest BCUT2D eigenvalue weighted by molar-refractivity contribution is 5.47. The topological polar surface area (TPSA) is 32.3 Å². The molecule has 1 unspecified atom stereocenters. The molecule has 0 aromatic heterocycles. The van der Waals surface area contributed by atoms with Gasteiger partial charge in [-0.25, -0.2) is 0 Å². The van der Waals surface area contributed by atoms with E-state index in [1.54, 1.807) is 0 Å². The first-order chi connectivity index (χ1) is 9.36. The molecule has 0 spiro atoms. The predicted octanol–water partition coefficient (Wildman–Crippen LogP) is 3.74.